The Labute approximate surface area is 199 Å². The molecule has 0 aliphatic rings. The van der Waals surface area contributed by atoms with E-state index in [-0.39, 0.29) is 5.78 Å². The van der Waals surface area contributed by atoms with Crippen LogP contribution in [0.25, 0.3) is 0 Å². The maximum Gasteiger partial charge on any atom is 0.416 e. The van der Waals surface area contributed by atoms with E-state index in [4.69, 9.17) is 0 Å². The van der Waals surface area contributed by atoms with Gasteiger partial charge in [0.2, 0.25) is 0 Å². The molecular weight excluding hydrogens is 452 g/mol. The number of benzene rings is 3. The van der Waals surface area contributed by atoms with Crippen LogP contribution in [0.1, 0.15) is 22.6 Å². The fourth-order valence-corrected chi connectivity index (χ4v) is 6.84. The number of likely N-dealkylation sites (N-methyl/N-ethyl adjacent to an activating group) is 1. The lowest BCUT2D eigenvalue weighted by molar-refractivity contribution is -0.137. The van der Waals surface area contributed by atoms with Crippen LogP contribution in [0.3, 0.4) is 0 Å². The Balaban J connectivity index is 1.76. The van der Waals surface area contributed by atoms with Crippen molar-refractivity contribution in [3.63, 3.8) is 0 Å². The molecule has 4 aromatic rings. The maximum atomic E-state index is 13.3. The molecule has 2 nitrogen and oxygen atoms in total. The molecule has 6 heteroatoms. The van der Waals surface area contributed by atoms with Gasteiger partial charge in [-0.3, -0.25) is 9.88 Å². The molecule has 0 spiro atoms. The third-order valence-corrected chi connectivity index (χ3v) is 8.60. The molecule has 1 heterocycles. The third kappa shape index (κ3) is 5.91. The highest BCUT2D eigenvalue weighted by atomic mass is 31.1. The van der Waals surface area contributed by atoms with Gasteiger partial charge in [0, 0.05) is 24.9 Å². The number of hydrogen-bond acceptors (Lipinski definition) is 2. The van der Waals surface area contributed by atoms with E-state index in [0.29, 0.717) is 0 Å². The number of alkyl halides is 3. The molecule has 0 radical (unpaired) electrons. The zero-order valence-electron chi connectivity index (χ0n) is 18.9. The molecule has 4 rings (SSSR count). The first-order valence-corrected chi connectivity index (χ1v) is 12.5. The van der Waals surface area contributed by atoms with Crippen molar-refractivity contribution >= 4 is 18.5 Å². The smallest absolute Gasteiger partial charge is 0.295 e. The molecule has 0 amide bonds. The van der Waals surface area contributed by atoms with Crippen LogP contribution in [0.4, 0.5) is 13.2 Å². The van der Waals surface area contributed by atoms with Gasteiger partial charge in [0.1, 0.15) is 0 Å². The van der Waals surface area contributed by atoms with Gasteiger partial charge in [0.15, 0.2) is 0 Å². The first-order valence-electron chi connectivity index (χ1n) is 11.1. The molecule has 1 aromatic heterocycles. The fourth-order valence-electron chi connectivity index (χ4n) is 4.01. The van der Waals surface area contributed by atoms with Crippen molar-refractivity contribution in [2.45, 2.75) is 18.4 Å². The number of rotatable bonds is 8. The molecule has 3 aromatic carbocycles. The molecule has 0 saturated heterocycles. The zero-order valence-corrected chi connectivity index (χ0v) is 19.8. The maximum absolute atomic E-state index is 13.3. The summed E-state index contributed by atoms with van der Waals surface area (Å²) in [7, 11) is 1.12. The second kappa shape index (κ2) is 10.9. The van der Waals surface area contributed by atoms with Crippen molar-refractivity contribution in [3.8, 4) is 0 Å². The van der Waals surface area contributed by atoms with Crippen molar-refractivity contribution in [1.29, 1.82) is 0 Å². The highest BCUT2D eigenvalue weighted by Gasteiger charge is 2.33. The van der Waals surface area contributed by atoms with Crippen LogP contribution >= 0.6 is 7.92 Å². The summed E-state index contributed by atoms with van der Waals surface area (Å²) in [6, 6.07) is 32.0. The summed E-state index contributed by atoms with van der Waals surface area (Å²) in [4.78, 5) is 6.69. The predicted octanol–water partition coefficient (Wildman–Crippen LogP) is 6.41. The summed E-state index contributed by atoms with van der Waals surface area (Å²) in [5.41, 5.74) is 1.23. The minimum atomic E-state index is -4.36. The Kier molecular flexibility index (Phi) is 7.77. The van der Waals surface area contributed by atoms with Crippen molar-refractivity contribution in [2.24, 2.45) is 0 Å². The molecule has 0 saturated carbocycles. The lowest BCUT2D eigenvalue weighted by Gasteiger charge is -2.36. The zero-order chi connectivity index (χ0) is 24.0. The Bertz CT molecular complexity index is 1110. The summed E-state index contributed by atoms with van der Waals surface area (Å²) in [5, 5.41) is 2.36. The van der Waals surface area contributed by atoms with E-state index in [1.165, 1.54) is 22.7 Å². The van der Waals surface area contributed by atoms with E-state index >= 15 is 0 Å². The van der Waals surface area contributed by atoms with E-state index in [0.717, 1.165) is 24.2 Å². The minimum Gasteiger partial charge on any atom is -0.295 e. The van der Waals surface area contributed by atoms with Crippen LogP contribution in [-0.4, -0.2) is 23.5 Å². The van der Waals surface area contributed by atoms with E-state index < -0.39 is 19.7 Å². The molecule has 1 atom stereocenters. The topological polar surface area (TPSA) is 16.1 Å². The van der Waals surface area contributed by atoms with Gasteiger partial charge in [-0.05, 0) is 55.4 Å². The van der Waals surface area contributed by atoms with Crippen molar-refractivity contribution < 1.29 is 13.2 Å². The van der Waals surface area contributed by atoms with E-state index in [2.05, 4.69) is 34.1 Å². The van der Waals surface area contributed by atoms with Crippen LogP contribution < -0.4 is 10.6 Å². The summed E-state index contributed by atoms with van der Waals surface area (Å²) < 4.78 is 39.8. The molecule has 34 heavy (non-hydrogen) atoms. The predicted molar refractivity (Wildman–Crippen MR) is 134 cm³/mol. The van der Waals surface area contributed by atoms with Gasteiger partial charge in [0.05, 0.1) is 11.3 Å². The summed E-state index contributed by atoms with van der Waals surface area (Å²) in [5.74, 6) is -0.106. The number of pyridine rings is 1. The Hall–Kier alpha value is -3.01. The molecular formula is C28H26F3N2P. The average Bonchev–Trinajstić information content (AvgIpc) is 2.87. The van der Waals surface area contributed by atoms with Crippen LogP contribution in [0.2, 0.25) is 0 Å². The monoisotopic (exact) mass is 478 g/mol. The third-order valence-electron chi connectivity index (χ3n) is 5.71. The van der Waals surface area contributed by atoms with Crippen molar-refractivity contribution in [3.05, 3.63) is 126 Å². The lowest BCUT2D eigenvalue weighted by atomic mass is 10.1. The molecule has 1 unspecified atom stereocenters. The Morgan fingerprint density at radius 2 is 1.32 bits per heavy atom. The molecule has 0 fully saturated rings. The lowest BCUT2D eigenvalue weighted by Crippen LogP contribution is -2.31. The number of aromatic nitrogens is 1. The van der Waals surface area contributed by atoms with Gasteiger partial charge in [-0.1, -0.05) is 78.9 Å². The molecule has 0 bridgehead atoms. The van der Waals surface area contributed by atoms with Crippen molar-refractivity contribution in [1.82, 2.24) is 9.88 Å². The molecule has 0 N–H and O–H groups in total. The van der Waals surface area contributed by atoms with Crippen molar-refractivity contribution in [2.75, 3.05) is 13.6 Å². The van der Waals surface area contributed by atoms with E-state index in [1.54, 1.807) is 18.3 Å². The quantitative estimate of drug-likeness (QED) is 0.272. The Morgan fingerprint density at radius 3 is 1.82 bits per heavy atom. The van der Waals surface area contributed by atoms with Gasteiger partial charge >= 0.3 is 6.18 Å². The highest BCUT2D eigenvalue weighted by molar-refractivity contribution is 7.73. The van der Waals surface area contributed by atoms with Gasteiger partial charge in [-0.15, -0.1) is 0 Å². The minimum absolute atomic E-state index is 0.106. The van der Waals surface area contributed by atoms with Crippen LogP contribution in [-0.2, 0) is 12.6 Å². The standard InChI is InChI=1S/C28H26F3N2P/c1-33(21-19-24-10-8-9-20-32-24)27(22-15-17-23(18-16-22)28(29,30)31)34(25-11-4-2-5-12-25)26-13-6-3-7-14-26/h2-18,20,27H,19,21H2,1H3. The number of hydrogen-bond donors (Lipinski definition) is 0. The summed E-state index contributed by atoms with van der Waals surface area (Å²) in [6.45, 7) is 0.723. The van der Waals surface area contributed by atoms with E-state index in [1.807, 2.05) is 61.6 Å². The SMILES string of the molecule is CN(CCc1ccccn1)C(c1ccc(C(F)(F)F)cc1)P(c1ccccc1)c1ccccc1. The second-order valence-electron chi connectivity index (χ2n) is 8.09. The van der Waals surface area contributed by atoms with Crippen LogP contribution in [0, 0.1) is 0 Å². The Morgan fingerprint density at radius 1 is 0.765 bits per heavy atom. The number of nitrogens with zero attached hydrogens (tertiary/aromatic N) is 2. The largest absolute Gasteiger partial charge is 0.416 e. The average molecular weight is 478 g/mol. The highest BCUT2D eigenvalue weighted by Crippen LogP contribution is 2.51. The first kappa shape index (κ1) is 24.1. The van der Waals surface area contributed by atoms with Crippen LogP contribution in [0.5, 0.6) is 0 Å². The summed E-state index contributed by atoms with van der Waals surface area (Å²) >= 11 is 0. The number of halogens is 3. The van der Waals surface area contributed by atoms with Gasteiger partial charge in [0.25, 0.3) is 0 Å². The second-order valence-corrected chi connectivity index (χ2v) is 10.3. The van der Waals surface area contributed by atoms with Gasteiger partial charge in [-0.25, -0.2) is 0 Å². The summed E-state index contributed by atoms with van der Waals surface area (Å²) in [6.07, 6.45) is -1.83. The van der Waals surface area contributed by atoms with E-state index in [9.17, 15) is 13.2 Å². The molecule has 0 aliphatic carbocycles. The van der Waals surface area contributed by atoms with Gasteiger partial charge < -0.3 is 0 Å². The first-order chi connectivity index (χ1) is 16.4. The van der Waals surface area contributed by atoms with Gasteiger partial charge in [-0.2, -0.15) is 13.2 Å². The molecule has 0 aliphatic heterocycles. The normalized spacial score (nSPS) is 12.8. The fraction of sp³-hybridized carbons (Fsp3) is 0.179. The van der Waals surface area contributed by atoms with Crippen LogP contribution in [0.15, 0.2) is 109 Å². The molecule has 174 valence electrons.